The number of ether oxygens (including phenoxy) is 1. The highest BCUT2D eigenvalue weighted by Gasteiger charge is 2.14. The summed E-state index contributed by atoms with van der Waals surface area (Å²) in [5, 5.41) is 10.6. The Bertz CT molecular complexity index is 565. The van der Waals surface area contributed by atoms with Crippen molar-refractivity contribution in [3.8, 4) is 11.5 Å². The molecule has 0 fully saturated rings. The first-order chi connectivity index (χ1) is 9.13. The normalized spacial score (nSPS) is 10.5. The van der Waals surface area contributed by atoms with Gasteiger partial charge in [0.2, 0.25) is 0 Å². The van der Waals surface area contributed by atoms with Gasteiger partial charge in [-0.2, -0.15) is 0 Å². The Morgan fingerprint density at radius 2 is 1.89 bits per heavy atom. The van der Waals surface area contributed by atoms with E-state index in [9.17, 15) is 5.11 Å². The molecule has 0 saturated heterocycles. The molecule has 0 aliphatic carbocycles. The van der Waals surface area contributed by atoms with E-state index < -0.39 is 0 Å². The first kappa shape index (κ1) is 13.8. The van der Waals surface area contributed by atoms with Crippen molar-refractivity contribution in [2.24, 2.45) is 0 Å². The summed E-state index contributed by atoms with van der Waals surface area (Å²) < 4.78 is 5.77. The van der Waals surface area contributed by atoms with Gasteiger partial charge >= 0.3 is 0 Å². The SMILES string of the molecule is CCc1c(C)c(Cl)cc(O)c1OCc1ccccc1. The van der Waals surface area contributed by atoms with Crippen LogP contribution in [0.4, 0.5) is 0 Å². The first-order valence-electron chi connectivity index (χ1n) is 6.31. The van der Waals surface area contributed by atoms with Crippen LogP contribution >= 0.6 is 11.6 Å². The minimum absolute atomic E-state index is 0.100. The Morgan fingerprint density at radius 3 is 2.53 bits per heavy atom. The van der Waals surface area contributed by atoms with Gasteiger partial charge in [0, 0.05) is 16.7 Å². The van der Waals surface area contributed by atoms with E-state index in [1.807, 2.05) is 44.2 Å². The van der Waals surface area contributed by atoms with E-state index in [0.29, 0.717) is 17.4 Å². The average Bonchev–Trinajstić information content (AvgIpc) is 2.42. The van der Waals surface area contributed by atoms with Gasteiger partial charge in [0.15, 0.2) is 11.5 Å². The van der Waals surface area contributed by atoms with Crippen molar-refractivity contribution in [2.75, 3.05) is 0 Å². The zero-order valence-corrected chi connectivity index (χ0v) is 11.9. The number of aromatic hydroxyl groups is 1. The van der Waals surface area contributed by atoms with Crippen LogP contribution in [0, 0.1) is 6.92 Å². The number of hydrogen-bond donors (Lipinski definition) is 1. The van der Waals surface area contributed by atoms with E-state index in [1.54, 1.807) is 0 Å². The summed E-state index contributed by atoms with van der Waals surface area (Å²) in [5.41, 5.74) is 2.99. The molecule has 0 amide bonds. The maximum absolute atomic E-state index is 10.00. The Morgan fingerprint density at radius 1 is 1.21 bits per heavy atom. The average molecular weight is 277 g/mol. The molecule has 1 N–H and O–H groups in total. The summed E-state index contributed by atoms with van der Waals surface area (Å²) in [4.78, 5) is 0. The molecule has 0 spiro atoms. The molecule has 2 rings (SSSR count). The van der Waals surface area contributed by atoms with Crippen LogP contribution in [0.5, 0.6) is 11.5 Å². The zero-order valence-electron chi connectivity index (χ0n) is 11.1. The van der Waals surface area contributed by atoms with Crippen molar-refractivity contribution in [1.29, 1.82) is 0 Å². The van der Waals surface area contributed by atoms with Crippen LogP contribution in [0.3, 0.4) is 0 Å². The lowest BCUT2D eigenvalue weighted by Crippen LogP contribution is -2.00. The molecule has 19 heavy (non-hydrogen) atoms. The van der Waals surface area contributed by atoms with Crippen LogP contribution in [0.2, 0.25) is 5.02 Å². The van der Waals surface area contributed by atoms with Gasteiger partial charge in [0.05, 0.1) is 0 Å². The third kappa shape index (κ3) is 3.02. The smallest absolute Gasteiger partial charge is 0.164 e. The van der Waals surface area contributed by atoms with Crippen molar-refractivity contribution in [3.63, 3.8) is 0 Å². The molecule has 0 saturated carbocycles. The fourth-order valence-corrected chi connectivity index (χ4v) is 2.30. The van der Waals surface area contributed by atoms with E-state index in [0.717, 1.165) is 23.1 Å². The fraction of sp³-hybridized carbons (Fsp3) is 0.250. The second-order valence-corrected chi connectivity index (χ2v) is 4.85. The van der Waals surface area contributed by atoms with E-state index in [-0.39, 0.29) is 5.75 Å². The number of benzene rings is 2. The molecule has 2 aromatic rings. The van der Waals surface area contributed by atoms with Gasteiger partial charge in [-0.05, 0) is 24.5 Å². The molecule has 3 heteroatoms. The van der Waals surface area contributed by atoms with Crippen LogP contribution in [0.25, 0.3) is 0 Å². The fourth-order valence-electron chi connectivity index (χ4n) is 2.08. The molecular weight excluding hydrogens is 260 g/mol. The van der Waals surface area contributed by atoms with E-state index in [4.69, 9.17) is 16.3 Å². The molecule has 0 aliphatic heterocycles. The number of phenolic OH excluding ortho intramolecular Hbond substituents is 1. The van der Waals surface area contributed by atoms with Crippen LogP contribution < -0.4 is 4.74 Å². The molecular formula is C16H17ClO2. The molecule has 100 valence electrons. The highest BCUT2D eigenvalue weighted by Crippen LogP contribution is 2.37. The molecule has 2 aromatic carbocycles. The van der Waals surface area contributed by atoms with E-state index >= 15 is 0 Å². The van der Waals surface area contributed by atoms with Gasteiger partial charge in [-0.15, -0.1) is 0 Å². The summed E-state index contributed by atoms with van der Waals surface area (Å²) in [7, 11) is 0. The van der Waals surface area contributed by atoms with Gasteiger partial charge in [-0.3, -0.25) is 0 Å². The maximum Gasteiger partial charge on any atom is 0.164 e. The van der Waals surface area contributed by atoms with Crippen molar-refractivity contribution < 1.29 is 9.84 Å². The van der Waals surface area contributed by atoms with Crippen molar-refractivity contribution in [2.45, 2.75) is 26.9 Å². The zero-order chi connectivity index (χ0) is 13.8. The predicted molar refractivity (Wildman–Crippen MR) is 78.0 cm³/mol. The van der Waals surface area contributed by atoms with E-state index in [2.05, 4.69) is 0 Å². The quantitative estimate of drug-likeness (QED) is 0.891. The number of rotatable bonds is 4. The van der Waals surface area contributed by atoms with Crippen LogP contribution in [-0.2, 0) is 13.0 Å². The largest absolute Gasteiger partial charge is 0.504 e. The lowest BCUT2D eigenvalue weighted by Gasteiger charge is -2.15. The summed E-state index contributed by atoms with van der Waals surface area (Å²) in [6.07, 6.45) is 0.768. The Labute approximate surface area is 118 Å². The van der Waals surface area contributed by atoms with Gasteiger partial charge in [-0.1, -0.05) is 48.9 Å². The van der Waals surface area contributed by atoms with Crippen molar-refractivity contribution in [3.05, 3.63) is 58.1 Å². The van der Waals surface area contributed by atoms with Gasteiger partial charge in [0.25, 0.3) is 0 Å². The lowest BCUT2D eigenvalue weighted by atomic mass is 10.0. The summed E-state index contributed by atoms with van der Waals surface area (Å²) in [6, 6.07) is 11.4. The third-order valence-corrected chi connectivity index (χ3v) is 3.55. The van der Waals surface area contributed by atoms with Crippen LogP contribution in [0.15, 0.2) is 36.4 Å². The molecule has 0 atom stereocenters. The van der Waals surface area contributed by atoms with Gasteiger partial charge in [-0.25, -0.2) is 0 Å². The number of phenols is 1. The lowest BCUT2D eigenvalue weighted by molar-refractivity contribution is 0.285. The number of hydrogen-bond acceptors (Lipinski definition) is 2. The highest BCUT2D eigenvalue weighted by molar-refractivity contribution is 6.31. The minimum atomic E-state index is 0.100. The first-order valence-corrected chi connectivity index (χ1v) is 6.69. The molecule has 0 bridgehead atoms. The van der Waals surface area contributed by atoms with Crippen molar-refractivity contribution >= 4 is 11.6 Å². The summed E-state index contributed by atoms with van der Waals surface area (Å²) in [6.45, 7) is 4.39. The Kier molecular flexibility index (Phi) is 4.33. The van der Waals surface area contributed by atoms with Crippen molar-refractivity contribution in [1.82, 2.24) is 0 Å². The second-order valence-electron chi connectivity index (χ2n) is 4.44. The topological polar surface area (TPSA) is 29.5 Å². The third-order valence-electron chi connectivity index (χ3n) is 3.16. The summed E-state index contributed by atoms with van der Waals surface area (Å²) in [5.74, 6) is 0.636. The molecule has 2 nitrogen and oxygen atoms in total. The number of halogens is 1. The predicted octanol–water partition coefficient (Wildman–Crippen LogP) is 4.50. The monoisotopic (exact) mass is 276 g/mol. The minimum Gasteiger partial charge on any atom is -0.504 e. The second kappa shape index (κ2) is 5.98. The van der Waals surface area contributed by atoms with Crippen LogP contribution in [-0.4, -0.2) is 5.11 Å². The molecule has 0 radical (unpaired) electrons. The van der Waals surface area contributed by atoms with Gasteiger partial charge < -0.3 is 9.84 Å². The van der Waals surface area contributed by atoms with E-state index in [1.165, 1.54) is 6.07 Å². The standard InChI is InChI=1S/C16H17ClO2/c1-3-13-11(2)14(17)9-15(18)16(13)19-10-12-7-5-4-6-8-12/h4-9,18H,3,10H2,1-2H3. The maximum atomic E-state index is 10.00. The molecule has 0 heterocycles. The van der Waals surface area contributed by atoms with Crippen LogP contribution in [0.1, 0.15) is 23.6 Å². The molecule has 0 aliphatic rings. The van der Waals surface area contributed by atoms with Gasteiger partial charge in [0.1, 0.15) is 6.61 Å². The Hall–Kier alpha value is -1.67. The highest BCUT2D eigenvalue weighted by atomic mass is 35.5. The summed E-state index contributed by atoms with van der Waals surface area (Å²) >= 11 is 6.07. The molecule has 0 aromatic heterocycles. The Balaban J connectivity index is 2.27. The molecule has 0 unspecified atom stereocenters.